The summed E-state index contributed by atoms with van der Waals surface area (Å²) in [6, 6.07) is 28.1. The van der Waals surface area contributed by atoms with Gasteiger partial charge in [0.1, 0.15) is 0 Å². The van der Waals surface area contributed by atoms with E-state index in [0.717, 1.165) is 22.3 Å². The Hall–Kier alpha value is -1.18. The molecule has 0 N–H and O–H groups in total. The van der Waals surface area contributed by atoms with Gasteiger partial charge in [-0.05, 0) is 35.1 Å². The molecule has 0 aliphatic carbocycles. The monoisotopic (exact) mass is 450 g/mol. The van der Waals surface area contributed by atoms with Crippen LogP contribution in [-0.2, 0) is 0 Å². The topological polar surface area (TPSA) is 0 Å². The number of halogens is 4. The molecular formula is C24H22Cl4. The van der Waals surface area contributed by atoms with E-state index in [2.05, 4.69) is 0 Å². The molecule has 0 aromatic heterocycles. The van der Waals surface area contributed by atoms with E-state index >= 15 is 0 Å². The lowest BCUT2D eigenvalue weighted by molar-refractivity contribution is 0.759. The third-order valence-electron chi connectivity index (χ3n) is 4.81. The van der Waals surface area contributed by atoms with Crippen molar-refractivity contribution < 1.29 is 0 Å². The van der Waals surface area contributed by atoms with Crippen molar-refractivity contribution in [2.24, 2.45) is 0 Å². The molecule has 0 aliphatic rings. The fourth-order valence-electron chi connectivity index (χ4n) is 3.15. The van der Waals surface area contributed by atoms with Crippen molar-refractivity contribution in [1.29, 1.82) is 0 Å². The summed E-state index contributed by atoms with van der Waals surface area (Å²) in [6.07, 6.45) is 1.32. The molecule has 0 heterocycles. The third kappa shape index (κ3) is 5.91. The van der Waals surface area contributed by atoms with Crippen molar-refractivity contribution in [1.82, 2.24) is 0 Å². The predicted octanol–water partition coefficient (Wildman–Crippen LogP) is 8.99. The molecule has 0 radical (unpaired) electrons. The molecule has 0 amide bonds. The van der Waals surface area contributed by atoms with E-state index in [-0.39, 0.29) is 21.5 Å². The average Bonchev–Trinajstić information content (AvgIpc) is 2.75. The van der Waals surface area contributed by atoms with Gasteiger partial charge in [0.25, 0.3) is 0 Å². The first-order valence-corrected chi connectivity index (χ1v) is 11.0. The van der Waals surface area contributed by atoms with Crippen molar-refractivity contribution in [3.63, 3.8) is 0 Å². The first-order chi connectivity index (χ1) is 13.5. The Morgan fingerprint density at radius 1 is 0.393 bits per heavy atom. The summed E-state index contributed by atoms with van der Waals surface area (Å²) in [5, 5.41) is -0.551. The molecule has 0 aliphatic heterocycles. The quantitative estimate of drug-likeness (QED) is 0.299. The minimum absolute atomic E-state index is 0.118. The van der Waals surface area contributed by atoms with E-state index in [1.807, 2.05) is 84.9 Å². The Morgan fingerprint density at radius 2 is 0.643 bits per heavy atom. The van der Waals surface area contributed by atoms with E-state index in [1.54, 1.807) is 0 Å². The largest absolute Gasteiger partial charge is 0.118 e. The molecule has 0 fully saturated rings. The molecule has 0 saturated heterocycles. The van der Waals surface area contributed by atoms with Crippen LogP contribution in [0.3, 0.4) is 0 Å². The molecule has 3 rings (SSSR count). The Morgan fingerprint density at radius 3 is 0.929 bits per heavy atom. The zero-order chi connectivity index (χ0) is 19.9. The molecule has 4 heteroatoms. The van der Waals surface area contributed by atoms with Crippen LogP contribution in [-0.4, -0.2) is 0 Å². The van der Waals surface area contributed by atoms with Gasteiger partial charge >= 0.3 is 0 Å². The van der Waals surface area contributed by atoms with Gasteiger partial charge in [-0.15, -0.1) is 46.4 Å². The van der Waals surface area contributed by atoms with E-state index in [0.29, 0.717) is 12.8 Å². The molecule has 0 spiro atoms. The summed E-state index contributed by atoms with van der Waals surface area (Å²) in [7, 11) is 0. The summed E-state index contributed by atoms with van der Waals surface area (Å²) < 4.78 is 0. The van der Waals surface area contributed by atoms with Gasteiger partial charge in [0, 0.05) is 0 Å². The minimum atomic E-state index is -0.157. The van der Waals surface area contributed by atoms with Gasteiger partial charge in [-0.2, -0.15) is 0 Å². The van der Waals surface area contributed by atoms with Crippen LogP contribution in [0.4, 0.5) is 0 Å². The third-order valence-corrected chi connectivity index (χ3v) is 6.53. The number of hydrogen-bond donors (Lipinski definition) is 0. The molecule has 3 aromatic carbocycles. The first kappa shape index (κ1) is 21.5. The van der Waals surface area contributed by atoms with Gasteiger partial charge in [0.2, 0.25) is 0 Å². The Bertz CT molecular complexity index is 761. The maximum atomic E-state index is 6.61. The number of alkyl halides is 4. The maximum Gasteiger partial charge on any atom is 0.0602 e. The SMILES string of the molecule is ClC(CC(Cl)c1ccc(C(Cl)CC(Cl)c2ccccc2)cc1)c1ccccc1. The van der Waals surface area contributed by atoms with Crippen LogP contribution in [0, 0.1) is 0 Å². The van der Waals surface area contributed by atoms with E-state index in [9.17, 15) is 0 Å². The van der Waals surface area contributed by atoms with Crippen molar-refractivity contribution in [2.45, 2.75) is 34.3 Å². The molecule has 28 heavy (non-hydrogen) atoms. The van der Waals surface area contributed by atoms with Gasteiger partial charge in [-0.25, -0.2) is 0 Å². The lowest BCUT2D eigenvalue weighted by atomic mass is 9.99. The Labute approximate surface area is 187 Å². The van der Waals surface area contributed by atoms with Crippen LogP contribution in [0.1, 0.15) is 56.6 Å². The summed E-state index contributed by atoms with van der Waals surface area (Å²) in [5.74, 6) is 0. The van der Waals surface area contributed by atoms with Gasteiger partial charge in [-0.1, -0.05) is 84.9 Å². The van der Waals surface area contributed by atoms with Crippen molar-refractivity contribution >= 4 is 46.4 Å². The van der Waals surface area contributed by atoms with E-state index < -0.39 is 0 Å². The molecule has 0 nitrogen and oxygen atoms in total. The van der Waals surface area contributed by atoms with Crippen LogP contribution in [0.25, 0.3) is 0 Å². The summed E-state index contributed by atoms with van der Waals surface area (Å²) >= 11 is 26.3. The van der Waals surface area contributed by atoms with Gasteiger partial charge in [0.15, 0.2) is 0 Å². The zero-order valence-corrected chi connectivity index (χ0v) is 18.3. The fraction of sp³-hybridized carbons (Fsp3) is 0.250. The van der Waals surface area contributed by atoms with Crippen molar-refractivity contribution in [3.05, 3.63) is 107 Å². The van der Waals surface area contributed by atoms with Crippen LogP contribution in [0.5, 0.6) is 0 Å². The Kier molecular flexibility index (Phi) is 8.11. The van der Waals surface area contributed by atoms with Gasteiger partial charge in [-0.3, -0.25) is 0 Å². The molecular weight excluding hydrogens is 430 g/mol. The first-order valence-electron chi connectivity index (χ1n) is 9.30. The highest BCUT2D eigenvalue weighted by atomic mass is 35.5. The normalized spacial score (nSPS) is 15.6. The van der Waals surface area contributed by atoms with Gasteiger partial charge in [0.05, 0.1) is 21.5 Å². The molecule has 4 atom stereocenters. The molecule has 0 saturated carbocycles. The van der Waals surface area contributed by atoms with Crippen LogP contribution < -0.4 is 0 Å². The summed E-state index contributed by atoms with van der Waals surface area (Å²) in [5.41, 5.74) is 4.25. The zero-order valence-electron chi connectivity index (χ0n) is 15.3. The summed E-state index contributed by atoms with van der Waals surface area (Å²) in [4.78, 5) is 0. The van der Waals surface area contributed by atoms with Crippen molar-refractivity contribution in [2.75, 3.05) is 0 Å². The predicted molar refractivity (Wildman–Crippen MR) is 123 cm³/mol. The number of rotatable bonds is 8. The van der Waals surface area contributed by atoms with Crippen molar-refractivity contribution in [3.8, 4) is 0 Å². The average molecular weight is 452 g/mol. The van der Waals surface area contributed by atoms with Crippen LogP contribution in [0.2, 0.25) is 0 Å². The minimum Gasteiger partial charge on any atom is -0.118 e. The molecule has 146 valence electrons. The maximum absolute atomic E-state index is 6.61. The molecule has 0 bridgehead atoms. The molecule has 3 aromatic rings. The highest BCUT2D eigenvalue weighted by Gasteiger charge is 2.18. The smallest absolute Gasteiger partial charge is 0.0602 e. The second kappa shape index (κ2) is 10.6. The van der Waals surface area contributed by atoms with Gasteiger partial charge < -0.3 is 0 Å². The van der Waals surface area contributed by atoms with E-state index in [1.165, 1.54) is 0 Å². The Balaban J connectivity index is 1.59. The van der Waals surface area contributed by atoms with E-state index in [4.69, 9.17) is 46.4 Å². The standard InChI is InChI=1S/C24H22Cl4/c25-21(17-7-3-1-4-8-17)15-23(27)19-11-13-20(14-12-19)24(28)16-22(26)18-9-5-2-6-10-18/h1-14,21-24H,15-16H2. The molecule has 4 unspecified atom stereocenters. The van der Waals surface area contributed by atoms with Crippen LogP contribution in [0.15, 0.2) is 84.9 Å². The highest BCUT2D eigenvalue weighted by Crippen LogP contribution is 2.38. The number of hydrogen-bond acceptors (Lipinski definition) is 0. The second-order valence-corrected chi connectivity index (χ2v) is 8.94. The van der Waals surface area contributed by atoms with Crippen LogP contribution >= 0.6 is 46.4 Å². The second-order valence-electron chi connectivity index (χ2n) is 6.83. The summed E-state index contributed by atoms with van der Waals surface area (Å²) in [6.45, 7) is 0. The lowest BCUT2D eigenvalue weighted by Crippen LogP contribution is -2.00. The fourth-order valence-corrected chi connectivity index (χ4v) is 4.62. The highest BCUT2D eigenvalue weighted by molar-refractivity contribution is 6.24. The lowest BCUT2D eigenvalue weighted by Gasteiger charge is -2.17. The number of benzene rings is 3.